The van der Waals surface area contributed by atoms with Crippen LogP contribution >= 0.6 is 0 Å². The van der Waals surface area contributed by atoms with Crippen molar-refractivity contribution >= 4 is 11.4 Å². The van der Waals surface area contributed by atoms with Crippen LogP contribution in [0, 0.1) is 0 Å². The fourth-order valence-corrected chi connectivity index (χ4v) is 2.53. The molecule has 0 spiro atoms. The summed E-state index contributed by atoms with van der Waals surface area (Å²) in [4.78, 5) is 10.2. The Hall–Kier alpha value is -3.76. The molecule has 0 saturated carbocycles. The van der Waals surface area contributed by atoms with Gasteiger partial charge in [-0.1, -0.05) is 52.8 Å². The zero-order chi connectivity index (χ0) is 21.6. The maximum atomic E-state index is 12.8. The number of nitrogens with zero attached hydrogens (tertiary/aromatic N) is 6. The highest BCUT2D eigenvalue weighted by Crippen LogP contribution is 2.29. The molecule has 0 aliphatic carbocycles. The quantitative estimate of drug-likeness (QED) is 0.435. The van der Waals surface area contributed by atoms with Crippen molar-refractivity contribution in [1.82, 2.24) is 20.2 Å². The number of aromatic nitrogens is 4. The first kappa shape index (κ1) is 21.0. The second-order valence-electron chi connectivity index (χ2n) is 6.00. The van der Waals surface area contributed by atoms with Crippen LogP contribution in [0.2, 0.25) is 0 Å². The average Bonchev–Trinajstić information content (AvgIpc) is 3.16. The van der Waals surface area contributed by atoms with Gasteiger partial charge >= 0.3 is 6.18 Å². The van der Waals surface area contributed by atoms with E-state index in [4.69, 9.17) is 9.68 Å². The molecule has 0 fully saturated rings. The second kappa shape index (κ2) is 9.16. The Kier molecular flexibility index (Phi) is 6.40. The van der Waals surface area contributed by atoms with Gasteiger partial charge in [0.15, 0.2) is 12.3 Å². The molecule has 3 rings (SSSR count). The summed E-state index contributed by atoms with van der Waals surface area (Å²) in [6.07, 6.45) is -4.42. The topological polar surface area (TPSA) is 86.8 Å². The van der Waals surface area contributed by atoms with Crippen molar-refractivity contribution in [2.75, 3.05) is 13.7 Å². The van der Waals surface area contributed by atoms with E-state index in [1.165, 1.54) is 23.9 Å². The summed E-state index contributed by atoms with van der Waals surface area (Å²) in [5.74, 6) is 0.376. The van der Waals surface area contributed by atoms with Crippen molar-refractivity contribution in [1.29, 1.82) is 0 Å². The summed E-state index contributed by atoms with van der Waals surface area (Å²) in [6, 6.07) is 13.6. The molecule has 0 N–H and O–H groups in total. The maximum Gasteiger partial charge on any atom is 0.416 e. The molecule has 1 aromatic heterocycles. The number of benzene rings is 2. The van der Waals surface area contributed by atoms with Gasteiger partial charge in [-0.25, -0.2) is 4.68 Å². The van der Waals surface area contributed by atoms with Crippen molar-refractivity contribution in [3.05, 3.63) is 77.1 Å². The molecule has 0 aliphatic rings. The fraction of sp³-hybridized carbons (Fsp3) is 0.211. The molecule has 0 radical (unpaired) electrons. The third-order valence-corrected chi connectivity index (χ3v) is 3.98. The number of alkyl halides is 3. The van der Waals surface area contributed by atoms with Crippen molar-refractivity contribution in [2.45, 2.75) is 6.18 Å². The molecular formula is C19H17F3N6O2. The Balaban J connectivity index is 1.83. The first-order valence-corrected chi connectivity index (χ1v) is 8.66. The zero-order valence-electron chi connectivity index (χ0n) is 16.0. The predicted molar refractivity (Wildman–Crippen MR) is 102 cm³/mol. The normalized spacial score (nSPS) is 12.7. The van der Waals surface area contributed by atoms with Gasteiger partial charge in [-0.2, -0.15) is 13.2 Å². The lowest BCUT2D eigenvalue weighted by Crippen LogP contribution is -2.14. The van der Waals surface area contributed by atoms with Crippen LogP contribution in [0.3, 0.4) is 0 Å². The molecule has 156 valence electrons. The summed E-state index contributed by atoms with van der Waals surface area (Å²) >= 11 is 0. The van der Waals surface area contributed by atoms with Gasteiger partial charge in [-0.05, 0) is 22.6 Å². The average molecular weight is 418 g/mol. The highest BCUT2D eigenvalue weighted by atomic mass is 19.4. The van der Waals surface area contributed by atoms with Crippen LogP contribution in [0.1, 0.15) is 22.5 Å². The van der Waals surface area contributed by atoms with Crippen LogP contribution in [0.25, 0.3) is 0 Å². The van der Waals surface area contributed by atoms with Crippen LogP contribution in [-0.4, -0.2) is 45.3 Å². The summed E-state index contributed by atoms with van der Waals surface area (Å²) in [5.41, 5.74) is 1.01. The van der Waals surface area contributed by atoms with E-state index in [9.17, 15) is 13.2 Å². The molecule has 0 aliphatic heterocycles. The lowest BCUT2D eigenvalue weighted by Gasteiger charge is -2.09. The number of tetrazole rings is 1. The third-order valence-electron chi connectivity index (χ3n) is 3.98. The molecule has 3 aromatic rings. The molecule has 8 nitrogen and oxygen atoms in total. The van der Waals surface area contributed by atoms with Gasteiger partial charge < -0.3 is 9.68 Å². The molecule has 0 bridgehead atoms. The summed E-state index contributed by atoms with van der Waals surface area (Å²) < 4.78 is 39.8. The lowest BCUT2D eigenvalue weighted by molar-refractivity contribution is -0.137. The molecule has 0 atom stereocenters. The zero-order valence-corrected chi connectivity index (χ0v) is 16.0. The van der Waals surface area contributed by atoms with E-state index in [2.05, 4.69) is 25.8 Å². The van der Waals surface area contributed by atoms with Gasteiger partial charge in [0.25, 0.3) is 0 Å². The SMILES string of the molecule is CO/N=C(/CO/N=C(/c1ccccc1)c1nnnn1C)c1ccc(C(F)(F)F)cc1. The monoisotopic (exact) mass is 418 g/mol. The van der Waals surface area contributed by atoms with Gasteiger partial charge in [-0.3, -0.25) is 0 Å². The van der Waals surface area contributed by atoms with Gasteiger partial charge in [0.05, 0.1) is 5.56 Å². The second-order valence-corrected chi connectivity index (χ2v) is 6.00. The van der Waals surface area contributed by atoms with E-state index in [0.717, 1.165) is 17.7 Å². The number of hydrogen-bond acceptors (Lipinski definition) is 7. The van der Waals surface area contributed by atoms with Crippen LogP contribution in [0.4, 0.5) is 13.2 Å². The van der Waals surface area contributed by atoms with Gasteiger partial charge in [0.1, 0.15) is 12.8 Å². The third kappa shape index (κ3) is 4.99. The van der Waals surface area contributed by atoms with Crippen LogP contribution in [0.15, 0.2) is 64.9 Å². The standard InChI is InChI=1S/C19H17F3N6O2/c1-28-18(23-26-27-28)17(14-6-4-3-5-7-14)25-30-12-16(24-29-2)13-8-10-15(11-9-13)19(20,21)22/h3-11H,12H2,1-2H3/b24-16-,25-17-. The number of halogens is 3. The van der Waals surface area contributed by atoms with Gasteiger partial charge in [-0.15, -0.1) is 5.10 Å². The molecular weight excluding hydrogens is 401 g/mol. The van der Waals surface area contributed by atoms with E-state index >= 15 is 0 Å². The molecule has 0 amide bonds. The minimum atomic E-state index is -4.42. The van der Waals surface area contributed by atoms with Gasteiger partial charge in [0.2, 0.25) is 5.82 Å². The Morgan fingerprint density at radius 1 is 1.00 bits per heavy atom. The smallest absolute Gasteiger partial charge is 0.399 e. The van der Waals surface area contributed by atoms with Crippen molar-refractivity contribution in [3.8, 4) is 0 Å². The first-order chi connectivity index (χ1) is 14.4. The van der Waals surface area contributed by atoms with E-state index in [-0.39, 0.29) is 12.3 Å². The summed E-state index contributed by atoms with van der Waals surface area (Å²) in [5, 5.41) is 19.3. The minimum absolute atomic E-state index is 0.152. The van der Waals surface area contributed by atoms with E-state index < -0.39 is 11.7 Å². The molecule has 11 heteroatoms. The van der Waals surface area contributed by atoms with Gasteiger partial charge in [0, 0.05) is 18.2 Å². The Morgan fingerprint density at radius 2 is 1.70 bits per heavy atom. The van der Waals surface area contributed by atoms with Crippen LogP contribution in [0.5, 0.6) is 0 Å². The molecule has 2 aromatic carbocycles. The van der Waals surface area contributed by atoms with Crippen LogP contribution in [-0.2, 0) is 22.9 Å². The molecule has 0 unspecified atom stereocenters. The van der Waals surface area contributed by atoms with Crippen LogP contribution < -0.4 is 0 Å². The Morgan fingerprint density at radius 3 is 2.27 bits per heavy atom. The Bertz CT molecular complexity index is 1030. The highest BCUT2D eigenvalue weighted by Gasteiger charge is 2.30. The lowest BCUT2D eigenvalue weighted by atomic mass is 10.1. The van der Waals surface area contributed by atoms with E-state index in [0.29, 0.717) is 17.1 Å². The molecule has 1 heterocycles. The van der Waals surface area contributed by atoms with E-state index in [1.807, 2.05) is 30.3 Å². The highest BCUT2D eigenvalue weighted by molar-refractivity contribution is 6.10. The number of aryl methyl sites for hydroxylation is 1. The fourth-order valence-electron chi connectivity index (χ4n) is 2.53. The molecule has 0 saturated heterocycles. The van der Waals surface area contributed by atoms with E-state index in [1.54, 1.807) is 7.05 Å². The van der Waals surface area contributed by atoms with Crippen molar-refractivity contribution in [2.24, 2.45) is 17.4 Å². The number of oxime groups is 2. The summed E-state index contributed by atoms with van der Waals surface area (Å²) in [7, 11) is 2.99. The first-order valence-electron chi connectivity index (χ1n) is 8.66. The predicted octanol–water partition coefficient (Wildman–Crippen LogP) is 3.05. The largest absolute Gasteiger partial charge is 0.416 e. The Labute approximate surface area is 169 Å². The van der Waals surface area contributed by atoms with Crippen molar-refractivity contribution in [3.63, 3.8) is 0 Å². The summed E-state index contributed by atoms with van der Waals surface area (Å²) in [6.45, 7) is -0.152. The number of hydrogen-bond donors (Lipinski definition) is 0. The maximum absolute atomic E-state index is 12.8. The number of rotatable bonds is 7. The molecule has 30 heavy (non-hydrogen) atoms. The van der Waals surface area contributed by atoms with Crippen molar-refractivity contribution < 1.29 is 22.8 Å². The minimum Gasteiger partial charge on any atom is -0.399 e.